The Morgan fingerprint density at radius 3 is 2.35 bits per heavy atom. The first-order valence-electron chi connectivity index (χ1n) is 10.7. The summed E-state index contributed by atoms with van der Waals surface area (Å²) in [5.41, 5.74) is 1.19. The summed E-state index contributed by atoms with van der Waals surface area (Å²) < 4.78 is 27.6. The van der Waals surface area contributed by atoms with E-state index in [9.17, 15) is 18.0 Å². The molecule has 0 aliphatic carbocycles. The fraction of sp³-hybridized carbons (Fsp3) is 0.391. The van der Waals surface area contributed by atoms with Crippen LogP contribution >= 0.6 is 0 Å². The predicted octanol–water partition coefficient (Wildman–Crippen LogP) is 3.24. The summed E-state index contributed by atoms with van der Waals surface area (Å²) in [5, 5.41) is 2.80. The Hall–Kier alpha value is -2.71. The van der Waals surface area contributed by atoms with Crippen LogP contribution in [0.25, 0.3) is 0 Å². The summed E-state index contributed by atoms with van der Waals surface area (Å²) in [6, 6.07) is 15.6. The van der Waals surface area contributed by atoms with Crippen molar-refractivity contribution < 1.29 is 18.0 Å². The van der Waals surface area contributed by atoms with E-state index in [4.69, 9.17) is 0 Å². The van der Waals surface area contributed by atoms with Gasteiger partial charge in [0, 0.05) is 37.4 Å². The predicted molar refractivity (Wildman–Crippen MR) is 119 cm³/mol. The molecular formula is C23H27N3O4S. The molecule has 0 bridgehead atoms. The second-order valence-corrected chi connectivity index (χ2v) is 10.0. The molecule has 2 aromatic rings. The molecular weight excluding hydrogens is 414 g/mol. The number of para-hydroxylation sites is 1. The molecule has 0 radical (unpaired) electrons. The number of nitrogens with one attached hydrogen (secondary N) is 1. The van der Waals surface area contributed by atoms with E-state index in [1.807, 2.05) is 30.3 Å². The van der Waals surface area contributed by atoms with E-state index in [0.29, 0.717) is 25.3 Å². The standard InChI is InChI=1S/C23H27N3O4S/c27-22-15-18(17-26(22)20-10-4-3-5-11-20)23(28)24-19-9-8-12-21(16-19)31(29,30)25-13-6-1-2-7-14-25/h3-5,8-12,16,18H,1-2,6-7,13-15,17H2,(H,24,28). The monoisotopic (exact) mass is 441 g/mol. The van der Waals surface area contributed by atoms with Crippen molar-refractivity contribution in [2.45, 2.75) is 37.0 Å². The van der Waals surface area contributed by atoms with Gasteiger partial charge in [-0.2, -0.15) is 4.31 Å². The minimum absolute atomic E-state index is 0.0937. The second kappa shape index (κ2) is 9.20. The smallest absolute Gasteiger partial charge is 0.243 e. The quantitative estimate of drug-likeness (QED) is 0.772. The van der Waals surface area contributed by atoms with Crippen molar-refractivity contribution in [1.82, 2.24) is 4.31 Å². The number of benzene rings is 2. The highest BCUT2D eigenvalue weighted by molar-refractivity contribution is 7.89. The topological polar surface area (TPSA) is 86.8 Å². The summed E-state index contributed by atoms with van der Waals surface area (Å²) >= 11 is 0. The third-order valence-electron chi connectivity index (χ3n) is 5.87. The van der Waals surface area contributed by atoms with Gasteiger partial charge in [0.25, 0.3) is 0 Å². The van der Waals surface area contributed by atoms with Gasteiger partial charge < -0.3 is 10.2 Å². The number of amides is 2. The van der Waals surface area contributed by atoms with Crippen molar-refractivity contribution in [2.24, 2.45) is 5.92 Å². The van der Waals surface area contributed by atoms with Crippen LogP contribution in [0.3, 0.4) is 0 Å². The van der Waals surface area contributed by atoms with Crippen LogP contribution in [0, 0.1) is 5.92 Å². The van der Waals surface area contributed by atoms with Crippen molar-refractivity contribution in [3.8, 4) is 0 Å². The number of nitrogens with zero attached hydrogens (tertiary/aromatic N) is 2. The van der Waals surface area contributed by atoms with E-state index in [1.54, 1.807) is 23.1 Å². The van der Waals surface area contributed by atoms with Gasteiger partial charge in [-0.25, -0.2) is 8.42 Å². The van der Waals surface area contributed by atoms with Crippen LogP contribution in [-0.2, 0) is 19.6 Å². The van der Waals surface area contributed by atoms with Gasteiger partial charge in [-0.3, -0.25) is 9.59 Å². The first-order chi connectivity index (χ1) is 14.9. The first kappa shape index (κ1) is 21.5. The van der Waals surface area contributed by atoms with E-state index in [2.05, 4.69) is 5.32 Å². The molecule has 2 aliphatic heterocycles. The Balaban J connectivity index is 1.45. The number of hydrogen-bond acceptors (Lipinski definition) is 4. The molecule has 2 amide bonds. The minimum atomic E-state index is -3.60. The summed E-state index contributed by atoms with van der Waals surface area (Å²) in [6.07, 6.45) is 3.95. The maximum atomic E-state index is 13.0. The molecule has 1 atom stereocenters. The SMILES string of the molecule is O=C(Nc1cccc(S(=O)(=O)N2CCCCCC2)c1)C1CC(=O)N(c2ccccc2)C1. The zero-order valence-electron chi connectivity index (χ0n) is 17.4. The molecule has 0 saturated carbocycles. The fourth-order valence-electron chi connectivity index (χ4n) is 4.15. The number of rotatable bonds is 5. The summed E-state index contributed by atoms with van der Waals surface area (Å²) in [5.74, 6) is -0.862. The van der Waals surface area contributed by atoms with Crippen molar-refractivity contribution in [3.63, 3.8) is 0 Å². The van der Waals surface area contributed by atoms with Crippen LogP contribution in [0.2, 0.25) is 0 Å². The Labute approximate surface area is 183 Å². The van der Waals surface area contributed by atoms with Gasteiger partial charge in [-0.1, -0.05) is 37.1 Å². The molecule has 2 saturated heterocycles. The Bertz CT molecular complexity index is 1050. The molecule has 1 N–H and O–H groups in total. The van der Waals surface area contributed by atoms with Gasteiger partial charge in [0.15, 0.2) is 0 Å². The highest BCUT2D eigenvalue weighted by Gasteiger charge is 2.35. The third-order valence-corrected chi connectivity index (χ3v) is 7.76. The van der Waals surface area contributed by atoms with Gasteiger partial charge in [0.05, 0.1) is 10.8 Å². The van der Waals surface area contributed by atoms with E-state index in [-0.39, 0.29) is 23.1 Å². The molecule has 2 fully saturated rings. The third kappa shape index (κ3) is 4.80. The van der Waals surface area contributed by atoms with E-state index in [1.165, 1.54) is 10.4 Å². The summed E-state index contributed by atoms with van der Waals surface area (Å²) in [6.45, 7) is 1.36. The molecule has 8 heteroatoms. The largest absolute Gasteiger partial charge is 0.326 e. The molecule has 2 aromatic carbocycles. The molecule has 31 heavy (non-hydrogen) atoms. The van der Waals surface area contributed by atoms with Crippen LogP contribution in [0.5, 0.6) is 0 Å². The van der Waals surface area contributed by atoms with E-state index >= 15 is 0 Å². The molecule has 0 spiro atoms. The maximum Gasteiger partial charge on any atom is 0.243 e. The lowest BCUT2D eigenvalue weighted by Crippen LogP contribution is -2.32. The molecule has 164 valence electrons. The number of anilines is 2. The van der Waals surface area contributed by atoms with Gasteiger partial charge in [-0.05, 0) is 43.2 Å². The van der Waals surface area contributed by atoms with Crippen LogP contribution in [0.1, 0.15) is 32.1 Å². The normalized spacial score (nSPS) is 20.5. The summed E-state index contributed by atoms with van der Waals surface area (Å²) in [7, 11) is -3.60. The second-order valence-electron chi connectivity index (χ2n) is 8.08. The lowest BCUT2D eigenvalue weighted by atomic mass is 10.1. The minimum Gasteiger partial charge on any atom is -0.326 e. The van der Waals surface area contributed by atoms with E-state index < -0.39 is 15.9 Å². The molecule has 0 aromatic heterocycles. The van der Waals surface area contributed by atoms with Crippen molar-refractivity contribution in [2.75, 3.05) is 29.9 Å². The van der Waals surface area contributed by atoms with Gasteiger partial charge >= 0.3 is 0 Å². The zero-order valence-corrected chi connectivity index (χ0v) is 18.2. The van der Waals surface area contributed by atoms with Crippen LogP contribution in [0.4, 0.5) is 11.4 Å². The average Bonchev–Trinajstić information content (AvgIpc) is 2.98. The summed E-state index contributed by atoms with van der Waals surface area (Å²) in [4.78, 5) is 27.0. The Morgan fingerprint density at radius 1 is 0.935 bits per heavy atom. The maximum absolute atomic E-state index is 13.0. The first-order valence-corrected chi connectivity index (χ1v) is 12.2. The number of carbonyl (C=O) groups excluding carboxylic acids is 2. The Kier molecular flexibility index (Phi) is 6.38. The van der Waals surface area contributed by atoms with Gasteiger partial charge in [-0.15, -0.1) is 0 Å². The van der Waals surface area contributed by atoms with E-state index in [0.717, 1.165) is 31.4 Å². The van der Waals surface area contributed by atoms with Crippen LogP contribution in [-0.4, -0.2) is 44.2 Å². The average molecular weight is 442 g/mol. The number of carbonyl (C=O) groups is 2. The lowest BCUT2D eigenvalue weighted by molar-refractivity contribution is -0.122. The number of hydrogen-bond donors (Lipinski definition) is 1. The highest BCUT2D eigenvalue weighted by Crippen LogP contribution is 2.27. The lowest BCUT2D eigenvalue weighted by Gasteiger charge is -2.20. The fourth-order valence-corrected chi connectivity index (χ4v) is 5.71. The van der Waals surface area contributed by atoms with Crippen molar-refractivity contribution in [1.29, 1.82) is 0 Å². The highest BCUT2D eigenvalue weighted by atomic mass is 32.2. The molecule has 7 nitrogen and oxygen atoms in total. The van der Waals surface area contributed by atoms with Crippen molar-refractivity contribution in [3.05, 3.63) is 54.6 Å². The number of sulfonamides is 1. The zero-order chi connectivity index (χ0) is 21.8. The van der Waals surface area contributed by atoms with Gasteiger partial charge in [0.1, 0.15) is 0 Å². The Morgan fingerprint density at radius 2 is 1.65 bits per heavy atom. The van der Waals surface area contributed by atoms with Gasteiger partial charge in [0.2, 0.25) is 21.8 Å². The molecule has 2 aliphatic rings. The molecule has 1 unspecified atom stereocenters. The molecule has 4 rings (SSSR count). The van der Waals surface area contributed by atoms with Crippen molar-refractivity contribution >= 4 is 33.2 Å². The van der Waals surface area contributed by atoms with Crippen LogP contribution < -0.4 is 10.2 Å². The molecule has 2 heterocycles. The van der Waals surface area contributed by atoms with Crippen LogP contribution in [0.15, 0.2) is 59.5 Å².